The Kier molecular flexibility index (Phi) is 8.12. The van der Waals surface area contributed by atoms with Crippen LogP contribution in [0.1, 0.15) is 51.8 Å². The fraction of sp³-hybridized carbons (Fsp3) is 0.480. The smallest absolute Gasteiger partial charge is 0.410 e. The first kappa shape index (κ1) is 24.9. The summed E-state index contributed by atoms with van der Waals surface area (Å²) in [5.74, 6) is 0. The molecule has 0 radical (unpaired) electrons. The largest absolute Gasteiger partial charge is 0.444 e. The van der Waals surface area contributed by atoms with Gasteiger partial charge >= 0.3 is 6.09 Å². The SMILES string of the molecule is C/C=C(/Br)c1cc(Cl)ccc1C(C1NC=CC=C1C)N1CCN(C(=O)OC(C)(C)C)CC1. The monoisotopic (exact) mass is 521 g/mol. The Balaban J connectivity index is 1.91. The number of hydrogen-bond acceptors (Lipinski definition) is 4. The van der Waals surface area contributed by atoms with Crippen molar-refractivity contribution in [3.63, 3.8) is 0 Å². The minimum atomic E-state index is -0.492. The van der Waals surface area contributed by atoms with E-state index in [1.165, 1.54) is 11.1 Å². The number of carbonyl (C=O) groups excluding carboxylic acids is 1. The number of nitrogens with one attached hydrogen (secondary N) is 1. The van der Waals surface area contributed by atoms with Crippen LogP contribution >= 0.6 is 27.5 Å². The molecule has 3 rings (SSSR count). The second-order valence-corrected chi connectivity index (χ2v) is 10.5. The van der Waals surface area contributed by atoms with Gasteiger partial charge in [0.05, 0.1) is 12.1 Å². The second kappa shape index (κ2) is 10.4. The quantitative estimate of drug-likeness (QED) is 0.517. The molecule has 2 unspecified atom stereocenters. The average Bonchev–Trinajstić information content (AvgIpc) is 2.74. The molecule has 0 spiro atoms. The predicted molar refractivity (Wildman–Crippen MR) is 136 cm³/mol. The van der Waals surface area contributed by atoms with Gasteiger partial charge in [0.25, 0.3) is 0 Å². The lowest BCUT2D eigenvalue weighted by atomic mass is 9.88. The summed E-state index contributed by atoms with van der Waals surface area (Å²) in [5.41, 5.74) is 3.06. The Hall–Kier alpha value is -1.76. The molecule has 1 amide bonds. The fourth-order valence-corrected chi connectivity index (χ4v) is 4.69. The second-order valence-electron chi connectivity index (χ2n) is 9.23. The van der Waals surface area contributed by atoms with Crippen molar-refractivity contribution in [3.05, 3.63) is 64.3 Å². The summed E-state index contributed by atoms with van der Waals surface area (Å²) < 4.78 is 6.59. The molecule has 2 atom stereocenters. The highest BCUT2D eigenvalue weighted by molar-refractivity contribution is 9.15. The summed E-state index contributed by atoms with van der Waals surface area (Å²) in [6.07, 6.45) is 8.00. The Bertz CT molecular complexity index is 928. The summed E-state index contributed by atoms with van der Waals surface area (Å²) in [6, 6.07) is 6.29. The third-order valence-electron chi connectivity index (χ3n) is 5.74. The number of ether oxygens (including phenoxy) is 1. The number of carbonyl (C=O) groups is 1. The lowest BCUT2D eigenvalue weighted by molar-refractivity contribution is 0.00890. The molecule has 32 heavy (non-hydrogen) atoms. The number of dihydropyridines is 1. The molecule has 5 nitrogen and oxygen atoms in total. The van der Waals surface area contributed by atoms with E-state index in [2.05, 4.69) is 45.2 Å². The lowest BCUT2D eigenvalue weighted by Crippen LogP contribution is -2.54. The van der Waals surface area contributed by atoms with Crippen LogP contribution in [0.5, 0.6) is 0 Å². The van der Waals surface area contributed by atoms with E-state index in [4.69, 9.17) is 16.3 Å². The van der Waals surface area contributed by atoms with Crippen LogP contribution in [0.15, 0.2) is 48.2 Å². The molecule has 174 valence electrons. The van der Waals surface area contributed by atoms with Crippen LogP contribution in [0.2, 0.25) is 5.02 Å². The molecule has 1 N–H and O–H groups in total. The van der Waals surface area contributed by atoms with E-state index in [1.807, 2.05) is 58.2 Å². The fourth-order valence-electron chi connectivity index (χ4n) is 4.18. The molecule has 2 heterocycles. The first-order chi connectivity index (χ1) is 15.1. The van der Waals surface area contributed by atoms with E-state index in [1.54, 1.807) is 4.90 Å². The number of allylic oxidation sites excluding steroid dienone is 3. The minimum Gasteiger partial charge on any atom is -0.444 e. The van der Waals surface area contributed by atoms with E-state index >= 15 is 0 Å². The Morgan fingerprint density at radius 2 is 1.97 bits per heavy atom. The van der Waals surface area contributed by atoms with Crippen molar-refractivity contribution in [3.8, 4) is 0 Å². The van der Waals surface area contributed by atoms with Crippen LogP contribution in [0.4, 0.5) is 4.79 Å². The molecule has 1 aromatic carbocycles. The van der Waals surface area contributed by atoms with Gasteiger partial charge in [-0.2, -0.15) is 0 Å². The number of benzene rings is 1. The zero-order valence-corrected chi connectivity index (χ0v) is 21.8. The first-order valence-electron chi connectivity index (χ1n) is 11.0. The molecule has 0 bridgehead atoms. The van der Waals surface area contributed by atoms with Crippen LogP contribution in [0.25, 0.3) is 4.48 Å². The standard InChI is InChI=1S/C25H33BrClN3O2/c1-6-21(26)20-16-18(27)9-10-19(20)23(22-17(2)8-7-11-28-22)29-12-14-30(15-13-29)24(31)32-25(3,4)5/h6-11,16,22-23,28H,12-15H2,1-5H3/b21-6+. The van der Waals surface area contributed by atoms with Gasteiger partial charge in [-0.05, 0) is 75.7 Å². The molecule has 7 heteroatoms. The average molecular weight is 523 g/mol. The molecular formula is C25H33BrClN3O2. The molecule has 1 saturated heterocycles. The first-order valence-corrected chi connectivity index (χ1v) is 12.2. The van der Waals surface area contributed by atoms with E-state index in [0.29, 0.717) is 18.1 Å². The Labute approximate surface area is 205 Å². The summed E-state index contributed by atoms with van der Waals surface area (Å²) in [4.78, 5) is 16.8. The van der Waals surface area contributed by atoms with E-state index < -0.39 is 5.60 Å². The summed E-state index contributed by atoms with van der Waals surface area (Å²) in [6.45, 7) is 12.6. The number of halogens is 2. The van der Waals surface area contributed by atoms with Gasteiger partial charge in [-0.15, -0.1) is 0 Å². The van der Waals surface area contributed by atoms with E-state index in [-0.39, 0.29) is 18.2 Å². The van der Waals surface area contributed by atoms with E-state index in [0.717, 1.165) is 23.1 Å². The molecular weight excluding hydrogens is 490 g/mol. The third kappa shape index (κ3) is 5.97. The predicted octanol–water partition coefficient (Wildman–Crippen LogP) is 6.12. The number of amides is 1. The topological polar surface area (TPSA) is 44.8 Å². The van der Waals surface area contributed by atoms with Crippen molar-refractivity contribution in [1.29, 1.82) is 0 Å². The Morgan fingerprint density at radius 3 is 2.56 bits per heavy atom. The molecule has 2 aliphatic rings. The van der Waals surface area contributed by atoms with Gasteiger partial charge in [0.15, 0.2) is 0 Å². The number of nitrogens with zero attached hydrogens (tertiary/aromatic N) is 2. The molecule has 1 aromatic rings. The van der Waals surface area contributed by atoms with Gasteiger partial charge in [0, 0.05) is 35.7 Å². The van der Waals surface area contributed by atoms with Crippen molar-refractivity contribution in [2.75, 3.05) is 26.2 Å². The van der Waals surface area contributed by atoms with Crippen LogP contribution in [-0.4, -0.2) is 53.7 Å². The van der Waals surface area contributed by atoms with Crippen LogP contribution in [0.3, 0.4) is 0 Å². The molecule has 0 aromatic heterocycles. The molecule has 0 aliphatic carbocycles. The van der Waals surface area contributed by atoms with Crippen molar-refractivity contribution < 1.29 is 9.53 Å². The summed E-state index contributed by atoms with van der Waals surface area (Å²) in [5, 5.41) is 4.27. The number of hydrogen-bond donors (Lipinski definition) is 1. The minimum absolute atomic E-state index is 0.0803. The van der Waals surface area contributed by atoms with Crippen molar-refractivity contribution >= 4 is 38.1 Å². The van der Waals surface area contributed by atoms with Crippen LogP contribution < -0.4 is 5.32 Å². The molecule has 2 aliphatic heterocycles. The third-order valence-corrected chi connectivity index (χ3v) is 6.86. The summed E-state index contributed by atoms with van der Waals surface area (Å²) in [7, 11) is 0. The Morgan fingerprint density at radius 1 is 1.28 bits per heavy atom. The summed E-state index contributed by atoms with van der Waals surface area (Å²) >= 11 is 10.1. The highest BCUT2D eigenvalue weighted by Gasteiger charge is 2.35. The van der Waals surface area contributed by atoms with Gasteiger partial charge in [-0.3, -0.25) is 4.90 Å². The number of rotatable bonds is 4. The normalized spacial score (nSPS) is 21.1. The van der Waals surface area contributed by atoms with Gasteiger partial charge in [0.1, 0.15) is 5.60 Å². The van der Waals surface area contributed by atoms with Crippen molar-refractivity contribution in [2.45, 2.75) is 52.3 Å². The highest BCUT2D eigenvalue weighted by atomic mass is 79.9. The maximum Gasteiger partial charge on any atom is 0.410 e. The molecule has 1 fully saturated rings. The van der Waals surface area contributed by atoms with Crippen molar-refractivity contribution in [2.24, 2.45) is 0 Å². The van der Waals surface area contributed by atoms with Gasteiger partial charge < -0.3 is 15.0 Å². The van der Waals surface area contributed by atoms with Crippen LogP contribution in [0, 0.1) is 0 Å². The molecule has 0 saturated carbocycles. The lowest BCUT2D eigenvalue weighted by Gasteiger charge is -2.44. The van der Waals surface area contributed by atoms with Gasteiger partial charge in [-0.1, -0.05) is 45.7 Å². The van der Waals surface area contributed by atoms with E-state index in [9.17, 15) is 4.79 Å². The highest BCUT2D eigenvalue weighted by Crippen LogP contribution is 2.38. The van der Waals surface area contributed by atoms with Gasteiger partial charge in [-0.25, -0.2) is 4.79 Å². The maximum atomic E-state index is 12.6. The maximum absolute atomic E-state index is 12.6. The number of piperazine rings is 1. The van der Waals surface area contributed by atoms with Crippen LogP contribution in [-0.2, 0) is 4.74 Å². The zero-order valence-electron chi connectivity index (χ0n) is 19.5. The van der Waals surface area contributed by atoms with Crippen molar-refractivity contribution in [1.82, 2.24) is 15.1 Å². The zero-order chi connectivity index (χ0) is 23.5. The van der Waals surface area contributed by atoms with Gasteiger partial charge in [0.2, 0.25) is 0 Å².